The first-order chi connectivity index (χ1) is 10.1. The molecule has 2 heterocycles. The molecule has 0 bridgehead atoms. The smallest absolute Gasteiger partial charge is 0.157 e. The van der Waals surface area contributed by atoms with Gasteiger partial charge in [-0.2, -0.15) is 5.10 Å². The van der Waals surface area contributed by atoms with Gasteiger partial charge in [0.1, 0.15) is 0 Å². The highest BCUT2D eigenvalue weighted by Gasteiger charge is 2.27. The van der Waals surface area contributed by atoms with E-state index >= 15 is 0 Å². The van der Waals surface area contributed by atoms with E-state index in [0.717, 1.165) is 34.3 Å². The summed E-state index contributed by atoms with van der Waals surface area (Å²) in [6, 6.07) is 2.78. The zero-order chi connectivity index (χ0) is 15.0. The average molecular weight is 286 g/mol. The van der Waals surface area contributed by atoms with Gasteiger partial charge in [-0.05, 0) is 37.7 Å². The van der Waals surface area contributed by atoms with Gasteiger partial charge in [-0.25, -0.2) is 4.98 Å². The van der Waals surface area contributed by atoms with E-state index in [-0.39, 0.29) is 0 Å². The van der Waals surface area contributed by atoms with Crippen LogP contribution in [0.4, 0.5) is 5.69 Å². The van der Waals surface area contributed by atoms with E-state index in [0.29, 0.717) is 6.04 Å². The predicted octanol–water partition coefficient (Wildman–Crippen LogP) is 3.90. The maximum Gasteiger partial charge on any atom is 0.157 e. The lowest BCUT2D eigenvalue weighted by Gasteiger charge is -2.35. The van der Waals surface area contributed by atoms with Crippen LogP contribution in [0.15, 0.2) is 12.3 Å². The zero-order valence-corrected chi connectivity index (χ0v) is 13.6. The lowest BCUT2D eigenvalue weighted by Crippen LogP contribution is -2.35. The fourth-order valence-corrected chi connectivity index (χ4v) is 3.74. The monoisotopic (exact) mass is 286 g/mol. The minimum absolute atomic E-state index is 0.579. The Morgan fingerprint density at radius 1 is 1.29 bits per heavy atom. The van der Waals surface area contributed by atoms with Crippen molar-refractivity contribution in [2.24, 2.45) is 18.9 Å². The third-order valence-electron chi connectivity index (χ3n) is 4.89. The van der Waals surface area contributed by atoms with E-state index in [1.165, 1.54) is 25.7 Å². The predicted molar refractivity (Wildman–Crippen MR) is 87.5 cm³/mol. The van der Waals surface area contributed by atoms with Crippen LogP contribution in [0.3, 0.4) is 0 Å². The van der Waals surface area contributed by atoms with Gasteiger partial charge < -0.3 is 5.32 Å². The van der Waals surface area contributed by atoms with E-state index in [1.54, 1.807) is 0 Å². The minimum atomic E-state index is 0.579. The average Bonchev–Trinajstić information content (AvgIpc) is 2.74. The van der Waals surface area contributed by atoms with Crippen LogP contribution >= 0.6 is 0 Å². The number of hydrogen-bond acceptors (Lipinski definition) is 3. The van der Waals surface area contributed by atoms with Crippen LogP contribution < -0.4 is 5.32 Å². The number of fused-ring (bicyclic) bond motifs is 1. The molecule has 2 atom stereocenters. The van der Waals surface area contributed by atoms with Crippen molar-refractivity contribution in [3.8, 4) is 0 Å². The maximum atomic E-state index is 4.57. The normalized spacial score (nSPS) is 22.9. The van der Waals surface area contributed by atoms with Crippen LogP contribution in [0, 0.1) is 18.8 Å². The summed E-state index contributed by atoms with van der Waals surface area (Å²) in [5.41, 5.74) is 3.14. The highest BCUT2D eigenvalue weighted by Crippen LogP contribution is 2.32. The standard InChI is InChI=1S/C17H26N4/c1-11(2)14-7-5-6-8-16(14)19-13-9-15-12(3)20-21(4)17(15)18-10-13/h9-11,14,16,19H,5-8H2,1-4H3. The molecule has 21 heavy (non-hydrogen) atoms. The number of nitrogens with one attached hydrogen (secondary N) is 1. The molecule has 1 fully saturated rings. The van der Waals surface area contributed by atoms with Crippen LogP contribution in [0.2, 0.25) is 0 Å². The molecule has 1 aliphatic rings. The molecule has 2 aromatic rings. The van der Waals surface area contributed by atoms with E-state index in [1.807, 2.05) is 24.9 Å². The molecule has 4 nitrogen and oxygen atoms in total. The first kappa shape index (κ1) is 14.4. The van der Waals surface area contributed by atoms with Crippen LogP contribution in [-0.2, 0) is 7.05 Å². The second-order valence-corrected chi connectivity index (χ2v) is 6.75. The van der Waals surface area contributed by atoms with Crippen molar-refractivity contribution in [2.45, 2.75) is 52.5 Å². The quantitative estimate of drug-likeness (QED) is 0.930. The highest BCUT2D eigenvalue weighted by molar-refractivity contribution is 5.81. The second-order valence-electron chi connectivity index (χ2n) is 6.75. The largest absolute Gasteiger partial charge is 0.381 e. The molecule has 2 aromatic heterocycles. The molecule has 114 valence electrons. The van der Waals surface area contributed by atoms with Crippen LogP contribution in [0.5, 0.6) is 0 Å². The summed E-state index contributed by atoms with van der Waals surface area (Å²) in [5, 5.41) is 9.34. The molecule has 1 saturated carbocycles. The molecule has 0 spiro atoms. The summed E-state index contributed by atoms with van der Waals surface area (Å²) in [6.45, 7) is 6.74. The Morgan fingerprint density at radius 3 is 2.81 bits per heavy atom. The first-order valence-corrected chi connectivity index (χ1v) is 8.12. The van der Waals surface area contributed by atoms with Gasteiger partial charge in [-0.15, -0.1) is 0 Å². The fourth-order valence-electron chi connectivity index (χ4n) is 3.74. The summed E-state index contributed by atoms with van der Waals surface area (Å²) >= 11 is 0. The van der Waals surface area contributed by atoms with Gasteiger partial charge in [-0.3, -0.25) is 4.68 Å². The molecule has 1 aliphatic carbocycles. The van der Waals surface area contributed by atoms with Gasteiger partial charge in [0.15, 0.2) is 5.65 Å². The molecule has 0 saturated heterocycles. The number of pyridine rings is 1. The Kier molecular flexibility index (Phi) is 3.87. The van der Waals surface area contributed by atoms with Crippen molar-refractivity contribution in [2.75, 3.05) is 5.32 Å². The Morgan fingerprint density at radius 2 is 2.05 bits per heavy atom. The van der Waals surface area contributed by atoms with Crippen molar-refractivity contribution in [3.63, 3.8) is 0 Å². The van der Waals surface area contributed by atoms with Gasteiger partial charge >= 0.3 is 0 Å². The highest BCUT2D eigenvalue weighted by atomic mass is 15.3. The summed E-state index contributed by atoms with van der Waals surface area (Å²) in [6.07, 6.45) is 7.28. The topological polar surface area (TPSA) is 42.7 Å². The molecule has 4 heteroatoms. The zero-order valence-electron chi connectivity index (χ0n) is 13.6. The van der Waals surface area contributed by atoms with Gasteiger partial charge in [0.25, 0.3) is 0 Å². The van der Waals surface area contributed by atoms with Crippen molar-refractivity contribution in [1.82, 2.24) is 14.8 Å². The molecule has 0 aliphatic heterocycles. The van der Waals surface area contributed by atoms with Crippen molar-refractivity contribution in [3.05, 3.63) is 18.0 Å². The van der Waals surface area contributed by atoms with Gasteiger partial charge in [-0.1, -0.05) is 26.7 Å². The summed E-state index contributed by atoms with van der Waals surface area (Å²) in [4.78, 5) is 4.57. The number of aromatic nitrogens is 3. The molecule has 1 N–H and O–H groups in total. The number of nitrogens with zero attached hydrogens (tertiary/aromatic N) is 3. The van der Waals surface area contributed by atoms with Crippen molar-refractivity contribution >= 4 is 16.7 Å². The summed E-state index contributed by atoms with van der Waals surface area (Å²) in [7, 11) is 1.95. The maximum absolute atomic E-state index is 4.57. The van der Waals surface area contributed by atoms with Crippen molar-refractivity contribution < 1.29 is 0 Å². The third-order valence-corrected chi connectivity index (χ3v) is 4.89. The van der Waals surface area contributed by atoms with Crippen LogP contribution in [-0.4, -0.2) is 20.8 Å². The van der Waals surface area contributed by atoms with E-state index < -0.39 is 0 Å². The number of hydrogen-bond donors (Lipinski definition) is 1. The molecule has 0 aromatic carbocycles. The second kappa shape index (κ2) is 5.66. The number of anilines is 1. The van der Waals surface area contributed by atoms with Crippen molar-refractivity contribution in [1.29, 1.82) is 0 Å². The van der Waals surface area contributed by atoms with E-state index in [9.17, 15) is 0 Å². The molecule has 2 unspecified atom stereocenters. The molecular weight excluding hydrogens is 260 g/mol. The minimum Gasteiger partial charge on any atom is -0.381 e. The molecule has 0 amide bonds. The van der Waals surface area contributed by atoms with Crippen LogP contribution in [0.25, 0.3) is 11.0 Å². The summed E-state index contributed by atoms with van der Waals surface area (Å²) in [5.74, 6) is 1.50. The molecular formula is C17H26N4. The molecule has 0 radical (unpaired) electrons. The van der Waals surface area contributed by atoms with Crippen LogP contribution in [0.1, 0.15) is 45.2 Å². The Hall–Kier alpha value is -1.58. The lowest BCUT2D eigenvalue weighted by atomic mass is 9.78. The SMILES string of the molecule is Cc1nn(C)c2ncc(NC3CCCCC3C(C)C)cc12. The van der Waals surface area contributed by atoms with Gasteiger partial charge in [0, 0.05) is 18.5 Å². The fraction of sp³-hybridized carbons (Fsp3) is 0.647. The lowest BCUT2D eigenvalue weighted by molar-refractivity contribution is 0.254. The number of aryl methyl sites for hydroxylation is 2. The molecule has 3 rings (SSSR count). The Bertz CT molecular complexity index is 629. The first-order valence-electron chi connectivity index (χ1n) is 8.12. The third kappa shape index (κ3) is 2.76. The summed E-state index contributed by atoms with van der Waals surface area (Å²) < 4.78 is 1.85. The Labute approximate surface area is 126 Å². The number of rotatable bonds is 3. The Balaban J connectivity index is 1.85. The van der Waals surface area contributed by atoms with Gasteiger partial charge in [0.2, 0.25) is 0 Å². The van der Waals surface area contributed by atoms with Gasteiger partial charge in [0.05, 0.1) is 17.6 Å². The van der Waals surface area contributed by atoms with E-state index in [4.69, 9.17) is 0 Å². The van der Waals surface area contributed by atoms with E-state index in [2.05, 4.69) is 35.3 Å².